The van der Waals surface area contributed by atoms with Crippen LogP contribution in [0.3, 0.4) is 0 Å². The molecule has 1 unspecified atom stereocenters. The van der Waals surface area contributed by atoms with Crippen LogP contribution in [0, 0.1) is 0 Å². The smallest absolute Gasteiger partial charge is 0.261 e. The third kappa shape index (κ3) is 4.55. The van der Waals surface area contributed by atoms with Crippen LogP contribution in [0.25, 0.3) is 0 Å². The number of carbonyl (C=O) groups is 3. The number of hydrogen-bond acceptors (Lipinski definition) is 4. The highest BCUT2D eigenvalue weighted by Gasteiger charge is 2.34. The van der Waals surface area contributed by atoms with Crippen molar-refractivity contribution in [2.45, 2.75) is 38.6 Å². The lowest BCUT2D eigenvalue weighted by atomic mass is 10.1. The van der Waals surface area contributed by atoms with Crippen molar-refractivity contribution in [3.63, 3.8) is 0 Å². The number of imide groups is 1. The van der Waals surface area contributed by atoms with Gasteiger partial charge in [0.2, 0.25) is 5.91 Å². The van der Waals surface area contributed by atoms with Crippen LogP contribution in [-0.4, -0.2) is 41.8 Å². The molecule has 1 aromatic rings. The number of unbranched alkanes of at least 4 members (excludes halogenated alkanes) is 1. The molecule has 0 spiro atoms. The average Bonchev–Trinajstić information content (AvgIpc) is 2.79. The van der Waals surface area contributed by atoms with Crippen molar-refractivity contribution >= 4 is 30.1 Å². The van der Waals surface area contributed by atoms with Crippen molar-refractivity contribution in [1.29, 1.82) is 0 Å². The van der Waals surface area contributed by atoms with Gasteiger partial charge in [-0.15, -0.1) is 12.4 Å². The molecule has 6 nitrogen and oxygen atoms in total. The summed E-state index contributed by atoms with van der Waals surface area (Å²) < 4.78 is 0. The summed E-state index contributed by atoms with van der Waals surface area (Å²) in [4.78, 5) is 37.2. The molecule has 0 saturated heterocycles. The minimum absolute atomic E-state index is 0. The summed E-state index contributed by atoms with van der Waals surface area (Å²) in [7, 11) is 0. The largest absolute Gasteiger partial charge is 0.355 e. The highest BCUT2D eigenvalue weighted by Crippen LogP contribution is 2.22. The Morgan fingerprint density at radius 1 is 1.17 bits per heavy atom. The second kappa shape index (κ2) is 9.39. The fourth-order valence-corrected chi connectivity index (χ4v) is 2.62. The summed E-state index contributed by atoms with van der Waals surface area (Å²) in [5, 5.41) is 2.78. The fourth-order valence-electron chi connectivity index (χ4n) is 2.62. The molecule has 0 aliphatic carbocycles. The van der Waals surface area contributed by atoms with E-state index in [-0.39, 0.29) is 30.1 Å². The van der Waals surface area contributed by atoms with Crippen LogP contribution < -0.4 is 11.1 Å². The van der Waals surface area contributed by atoms with E-state index in [1.807, 2.05) is 6.92 Å². The Morgan fingerprint density at radius 2 is 1.75 bits per heavy atom. The Hall–Kier alpha value is -1.92. The summed E-state index contributed by atoms with van der Waals surface area (Å²) >= 11 is 0. The zero-order valence-corrected chi connectivity index (χ0v) is 14.6. The summed E-state index contributed by atoms with van der Waals surface area (Å²) in [5.41, 5.74) is 6.66. The average molecular weight is 354 g/mol. The molecule has 0 radical (unpaired) electrons. The van der Waals surface area contributed by atoms with E-state index in [0.717, 1.165) is 6.42 Å². The number of amides is 3. The first-order valence-corrected chi connectivity index (χ1v) is 8.04. The van der Waals surface area contributed by atoms with Crippen molar-refractivity contribution < 1.29 is 14.4 Å². The molecule has 3 amide bonds. The SMILES string of the molecule is CCCC(N)C(=O)NCCCCN1C(=O)c2ccccc2C1=O.Cl. The normalized spacial score (nSPS) is 14.2. The van der Waals surface area contributed by atoms with Gasteiger partial charge in [0.05, 0.1) is 17.2 Å². The molecule has 1 aliphatic rings. The first-order chi connectivity index (χ1) is 11.1. The molecule has 7 heteroatoms. The summed E-state index contributed by atoms with van der Waals surface area (Å²) in [5.74, 6) is -0.619. The molecule has 132 valence electrons. The zero-order chi connectivity index (χ0) is 16.8. The van der Waals surface area contributed by atoms with E-state index in [4.69, 9.17) is 5.73 Å². The van der Waals surface area contributed by atoms with Gasteiger partial charge in [-0.3, -0.25) is 19.3 Å². The van der Waals surface area contributed by atoms with Crippen LogP contribution in [-0.2, 0) is 4.79 Å². The number of rotatable bonds is 8. The molecule has 1 aliphatic heterocycles. The van der Waals surface area contributed by atoms with Crippen molar-refractivity contribution in [3.8, 4) is 0 Å². The monoisotopic (exact) mass is 353 g/mol. The maximum absolute atomic E-state index is 12.2. The second-order valence-corrected chi connectivity index (χ2v) is 5.70. The van der Waals surface area contributed by atoms with E-state index in [0.29, 0.717) is 43.5 Å². The highest BCUT2D eigenvalue weighted by atomic mass is 35.5. The van der Waals surface area contributed by atoms with Crippen molar-refractivity contribution in [3.05, 3.63) is 35.4 Å². The van der Waals surface area contributed by atoms with E-state index < -0.39 is 6.04 Å². The van der Waals surface area contributed by atoms with Gasteiger partial charge in [-0.05, 0) is 31.4 Å². The highest BCUT2D eigenvalue weighted by molar-refractivity contribution is 6.21. The number of nitrogens with zero attached hydrogens (tertiary/aromatic N) is 1. The van der Waals surface area contributed by atoms with Gasteiger partial charge < -0.3 is 11.1 Å². The van der Waals surface area contributed by atoms with Crippen molar-refractivity contribution in [1.82, 2.24) is 10.2 Å². The topological polar surface area (TPSA) is 92.5 Å². The van der Waals surface area contributed by atoms with E-state index >= 15 is 0 Å². The number of hydrogen-bond donors (Lipinski definition) is 2. The minimum Gasteiger partial charge on any atom is -0.355 e. The van der Waals surface area contributed by atoms with Gasteiger partial charge in [0.25, 0.3) is 11.8 Å². The van der Waals surface area contributed by atoms with Gasteiger partial charge in [-0.25, -0.2) is 0 Å². The summed E-state index contributed by atoms with van der Waals surface area (Å²) in [6.45, 7) is 2.85. The predicted octanol–water partition coefficient (Wildman–Crippen LogP) is 1.73. The van der Waals surface area contributed by atoms with E-state index in [1.54, 1.807) is 24.3 Å². The lowest BCUT2D eigenvalue weighted by Gasteiger charge is -2.14. The van der Waals surface area contributed by atoms with Crippen LogP contribution in [0.4, 0.5) is 0 Å². The lowest BCUT2D eigenvalue weighted by molar-refractivity contribution is -0.122. The molecule has 1 aromatic carbocycles. The first-order valence-electron chi connectivity index (χ1n) is 8.04. The molecular formula is C17H24ClN3O3. The van der Waals surface area contributed by atoms with Gasteiger partial charge in [0.15, 0.2) is 0 Å². The lowest BCUT2D eigenvalue weighted by Crippen LogP contribution is -2.41. The molecule has 3 N–H and O–H groups in total. The molecule has 1 heterocycles. The minimum atomic E-state index is -0.462. The van der Waals surface area contributed by atoms with Crippen LogP contribution in [0.2, 0.25) is 0 Å². The maximum atomic E-state index is 12.2. The number of nitrogens with two attached hydrogens (primary N) is 1. The molecule has 0 aromatic heterocycles. The Kier molecular flexibility index (Phi) is 7.88. The molecule has 0 saturated carbocycles. The van der Waals surface area contributed by atoms with Crippen LogP contribution in [0.1, 0.15) is 53.3 Å². The third-order valence-corrected chi connectivity index (χ3v) is 3.92. The second-order valence-electron chi connectivity index (χ2n) is 5.70. The molecule has 1 atom stereocenters. The molecule has 24 heavy (non-hydrogen) atoms. The van der Waals surface area contributed by atoms with Crippen molar-refractivity contribution in [2.75, 3.05) is 13.1 Å². The standard InChI is InChI=1S/C17H23N3O3.ClH/c1-2-7-14(18)15(21)19-10-5-6-11-20-16(22)12-8-3-4-9-13(12)17(20)23;/h3-4,8-9,14H,2,5-7,10-11,18H2,1H3,(H,19,21);1H. The summed E-state index contributed by atoms with van der Waals surface area (Å²) in [6.07, 6.45) is 2.88. The Bertz CT molecular complexity index is 571. The van der Waals surface area contributed by atoms with E-state index in [9.17, 15) is 14.4 Å². The maximum Gasteiger partial charge on any atom is 0.261 e. The van der Waals surface area contributed by atoms with E-state index in [2.05, 4.69) is 5.32 Å². The van der Waals surface area contributed by atoms with Crippen LogP contribution in [0.15, 0.2) is 24.3 Å². The number of halogens is 1. The predicted molar refractivity (Wildman–Crippen MR) is 94.2 cm³/mol. The number of carbonyl (C=O) groups excluding carboxylic acids is 3. The summed E-state index contributed by atoms with van der Waals surface area (Å²) in [6, 6.07) is 6.39. The molecule has 2 rings (SSSR count). The fraction of sp³-hybridized carbons (Fsp3) is 0.471. The van der Waals surface area contributed by atoms with Crippen LogP contribution >= 0.6 is 12.4 Å². The van der Waals surface area contributed by atoms with Gasteiger partial charge in [-0.1, -0.05) is 25.5 Å². The molecule has 0 fully saturated rings. The Morgan fingerprint density at radius 3 is 2.29 bits per heavy atom. The van der Waals surface area contributed by atoms with Gasteiger partial charge in [-0.2, -0.15) is 0 Å². The van der Waals surface area contributed by atoms with Gasteiger partial charge in [0.1, 0.15) is 0 Å². The third-order valence-electron chi connectivity index (χ3n) is 3.92. The van der Waals surface area contributed by atoms with Gasteiger partial charge >= 0.3 is 0 Å². The number of nitrogens with one attached hydrogen (secondary N) is 1. The Balaban J connectivity index is 0.00000288. The van der Waals surface area contributed by atoms with E-state index in [1.165, 1.54) is 4.90 Å². The number of fused-ring (bicyclic) bond motifs is 1. The number of benzene rings is 1. The molecule has 0 bridgehead atoms. The Labute approximate surface area is 148 Å². The quantitative estimate of drug-likeness (QED) is 0.550. The first kappa shape index (κ1) is 20.1. The van der Waals surface area contributed by atoms with Crippen LogP contribution in [0.5, 0.6) is 0 Å². The molecular weight excluding hydrogens is 330 g/mol. The zero-order valence-electron chi connectivity index (χ0n) is 13.8. The van der Waals surface area contributed by atoms with Crippen molar-refractivity contribution in [2.24, 2.45) is 5.73 Å². The van der Waals surface area contributed by atoms with Gasteiger partial charge in [0, 0.05) is 13.1 Å².